The molecular formula is C11H9NO2. The van der Waals surface area contributed by atoms with Crippen LogP contribution in [0.5, 0.6) is 0 Å². The van der Waals surface area contributed by atoms with E-state index in [2.05, 4.69) is 4.99 Å². The van der Waals surface area contributed by atoms with Gasteiger partial charge in [0.2, 0.25) is 0 Å². The maximum Gasteiger partial charge on any atom is 0.333 e. The number of benzene rings is 1. The molecule has 0 saturated carbocycles. The predicted octanol–water partition coefficient (Wildman–Crippen LogP) is 1.50. The molecule has 1 aliphatic rings. The highest BCUT2D eigenvalue weighted by Crippen LogP contribution is 2.12. The summed E-state index contributed by atoms with van der Waals surface area (Å²) in [5, 5.41) is 8.74. The van der Waals surface area contributed by atoms with E-state index in [1.807, 2.05) is 30.3 Å². The summed E-state index contributed by atoms with van der Waals surface area (Å²) in [6.45, 7) is 0.277. The third kappa shape index (κ3) is 1.57. The summed E-state index contributed by atoms with van der Waals surface area (Å²) >= 11 is 0. The summed E-state index contributed by atoms with van der Waals surface area (Å²) in [7, 11) is 0. The molecule has 2 rings (SSSR count). The van der Waals surface area contributed by atoms with Gasteiger partial charge in [-0.3, -0.25) is 4.99 Å². The molecule has 0 atom stereocenters. The second-order valence-corrected chi connectivity index (χ2v) is 3.04. The molecule has 70 valence electrons. The fraction of sp³-hybridized carbons (Fsp3) is 0.0909. The van der Waals surface area contributed by atoms with Gasteiger partial charge in [0.25, 0.3) is 0 Å². The number of carbonyl (C=O) groups is 1. The van der Waals surface area contributed by atoms with E-state index >= 15 is 0 Å². The van der Waals surface area contributed by atoms with Crippen molar-refractivity contribution in [2.75, 3.05) is 6.54 Å². The van der Waals surface area contributed by atoms with Crippen molar-refractivity contribution in [3.8, 4) is 0 Å². The van der Waals surface area contributed by atoms with Crippen LogP contribution in [-0.2, 0) is 4.79 Å². The normalized spacial score (nSPS) is 14.9. The number of aliphatic carboxylic acids is 1. The first-order valence-electron chi connectivity index (χ1n) is 4.31. The molecule has 1 heterocycles. The summed E-state index contributed by atoms with van der Waals surface area (Å²) < 4.78 is 0. The van der Waals surface area contributed by atoms with Crippen LogP contribution < -0.4 is 0 Å². The highest BCUT2D eigenvalue weighted by molar-refractivity contribution is 6.14. The summed E-state index contributed by atoms with van der Waals surface area (Å²) in [5.74, 6) is -0.889. The summed E-state index contributed by atoms with van der Waals surface area (Å²) in [5.41, 5.74) is 2.07. The minimum atomic E-state index is -0.889. The van der Waals surface area contributed by atoms with Gasteiger partial charge in [0.1, 0.15) is 0 Å². The fourth-order valence-electron chi connectivity index (χ4n) is 1.34. The van der Waals surface area contributed by atoms with E-state index in [1.165, 1.54) is 0 Å². The van der Waals surface area contributed by atoms with Crippen LogP contribution in [0.15, 0.2) is 47.0 Å². The van der Waals surface area contributed by atoms with Crippen molar-refractivity contribution < 1.29 is 9.90 Å². The van der Waals surface area contributed by atoms with Gasteiger partial charge in [0.05, 0.1) is 17.8 Å². The number of hydrogen-bond donors (Lipinski definition) is 1. The Balaban J connectivity index is 2.28. The number of carboxylic acid groups (broad SMARTS) is 1. The van der Waals surface area contributed by atoms with Crippen molar-refractivity contribution in [3.05, 3.63) is 47.5 Å². The van der Waals surface area contributed by atoms with E-state index < -0.39 is 5.97 Å². The molecule has 1 N–H and O–H groups in total. The lowest BCUT2D eigenvalue weighted by molar-refractivity contribution is -0.132. The monoisotopic (exact) mass is 187 g/mol. The van der Waals surface area contributed by atoms with Crippen LogP contribution in [0.4, 0.5) is 0 Å². The first-order valence-corrected chi connectivity index (χ1v) is 4.31. The Labute approximate surface area is 81.4 Å². The second-order valence-electron chi connectivity index (χ2n) is 3.04. The van der Waals surface area contributed by atoms with Gasteiger partial charge in [-0.2, -0.15) is 0 Å². The number of nitrogens with zero attached hydrogens (tertiary/aromatic N) is 1. The number of rotatable bonds is 2. The van der Waals surface area contributed by atoms with Crippen molar-refractivity contribution in [1.29, 1.82) is 0 Å². The highest BCUT2D eigenvalue weighted by Gasteiger charge is 2.14. The van der Waals surface area contributed by atoms with Crippen molar-refractivity contribution in [2.45, 2.75) is 0 Å². The van der Waals surface area contributed by atoms with E-state index in [0.717, 1.165) is 11.3 Å². The van der Waals surface area contributed by atoms with Gasteiger partial charge in [-0.15, -0.1) is 0 Å². The lowest BCUT2D eigenvalue weighted by atomic mass is 10.1. The first-order chi connectivity index (χ1) is 6.77. The molecule has 0 radical (unpaired) electrons. The van der Waals surface area contributed by atoms with Gasteiger partial charge < -0.3 is 5.11 Å². The van der Waals surface area contributed by atoms with E-state index in [4.69, 9.17) is 5.11 Å². The number of hydrogen-bond acceptors (Lipinski definition) is 2. The molecule has 1 aromatic carbocycles. The summed E-state index contributed by atoms with van der Waals surface area (Å²) in [4.78, 5) is 14.8. The molecule has 14 heavy (non-hydrogen) atoms. The molecule has 1 aromatic rings. The Hall–Kier alpha value is -1.90. The quantitative estimate of drug-likeness (QED) is 0.762. The molecular weight excluding hydrogens is 178 g/mol. The molecule has 0 bridgehead atoms. The van der Waals surface area contributed by atoms with E-state index in [0.29, 0.717) is 5.57 Å². The Bertz CT molecular complexity index is 418. The molecule has 0 fully saturated rings. The van der Waals surface area contributed by atoms with Crippen molar-refractivity contribution in [3.63, 3.8) is 0 Å². The molecule has 1 aliphatic heterocycles. The Kier molecular flexibility index (Phi) is 2.14. The minimum Gasteiger partial charge on any atom is -0.478 e. The SMILES string of the molecule is O=C(O)C1=CC(c2ccccc2)=NC1. The zero-order chi connectivity index (χ0) is 9.97. The van der Waals surface area contributed by atoms with Crippen LogP contribution in [0.25, 0.3) is 0 Å². The van der Waals surface area contributed by atoms with Crippen LogP contribution in [-0.4, -0.2) is 23.3 Å². The van der Waals surface area contributed by atoms with E-state index in [9.17, 15) is 4.79 Å². The lowest BCUT2D eigenvalue weighted by Gasteiger charge is -1.95. The summed E-state index contributed by atoms with van der Waals surface area (Å²) in [6.07, 6.45) is 1.62. The number of carboxylic acids is 1. The van der Waals surface area contributed by atoms with Crippen molar-refractivity contribution >= 4 is 11.7 Å². The van der Waals surface area contributed by atoms with Crippen LogP contribution in [0.1, 0.15) is 5.56 Å². The summed E-state index contributed by atoms with van der Waals surface area (Å²) in [6, 6.07) is 9.57. The third-order valence-electron chi connectivity index (χ3n) is 2.07. The molecule has 0 aliphatic carbocycles. The molecule has 3 heteroatoms. The highest BCUT2D eigenvalue weighted by atomic mass is 16.4. The third-order valence-corrected chi connectivity index (χ3v) is 2.07. The Morgan fingerprint density at radius 3 is 2.57 bits per heavy atom. The first kappa shape index (κ1) is 8.69. The lowest BCUT2D eigenvalue weighted by Crippen LogP contribution is -2.00. The van der Waals surface area contributed by atoms with Gasteiger partial charge in [0.15, 0.2) is 0 Å². The van der Waals surface area contributed by atoms with Crippen LogP contribution in [0, 0.1) is 0 Å². The van der Waals surface area contributed by atoms with Crippen LogP contribution >= 0.6 is 0 Å². The fourth-order valence-corrected chi connectivity index (χ4v) is 1.34. The van der Waals surface area contributed by atoms with Crippen molar-refractivity contribution in [1.82, 2.24) is 0 Å². The van der Waals surface area contributed by atoms with Gasteiger partial charge in [-0.25, -0.2) is 4.79 Å². The van der Waals surface area contributed by atoms with Gasteiger partial charge in [-0.1, -0.05) is 30.3 Å². The topological polar surface area (TPSA) is 49.7 Å². The van der Waals surface area contributed by atoms with E-state index in [-0.39, 0.29) is 6.54 Å². The largest absolute Gasteiger partial charge is 0.478 e. The molecule has 0 aromatic heterocycles. The number of allylic oxidation sites excluding steroid dienone is 1. The predicted molar refractivity (Wildman–Crippen MR) is 53.6 cm³/mol. The molecule has 3 nitrogen and oxygen atoms in total. The average Bonchev–Trinajstić information content (AvgIpc) is 2.68. The van der Waals surface area contributed by atoms with Gasteiger partial charge in [0, 0.05) is 0 Å². The van der Waals surface area contributed by atoms with Gasteiger partial charge in [-0.05, 0) is 11.6 Å². The smallest absolute Gasteiger partial charge is 0.333 e. The zero-order valence-electron chi connectivity index (χ0n) is 7.47. The van der Waals surface area contributed by atoms with Gasteiger partial charge >= 0.3 is 5.97 Å². The van der Waals surface area contributed by atoms with Crippen LogP contribution in [0.3, 0.4) is 0 Å². The Morgan fingerprint density at radius 1 is 1.29 bits per heavy atom. The van der Waals surface area contributed by atoms with Crippen molar-refractivity contribution in [2.24, 2.45) is 4.99 Å². The average molecular weight is 187 g/mol. The van der Waals surface area contributed by atoms with E-state index in [1.54, 1.807) is 6.08 Å². The standard InChI is InChI=1S/C11H9NO2/c13-11(14)9-6-10(12-7-9)8-4-2-1-3-5-8/h1-6H,7H2,(H,13,14). The maximum atomic E-state index is 10.6. The zero-order valence-corrected chi connectivity index (χ0v) is 7.47. The maximum absolute atomic E-state index is 10.6. The molecule has 0 amide bonds. The number of aliphatic imine (C=N–C) groups is 1. The van der Waals surface area contributed by atoms with Crippen LogP contribution in [0.2, 0.25) is 0 Å². The molecule has 0 saturated heterocycles. The molecule has 0 spiro atoms. The second kappa shape index (κ2) is 3.46. The molecule has 0 unspecified atom stereocenters. The Morgan fingerprint density at radius 2 is 2.00 bits per heavy atom. The minimum absolute atomic E-state index is 0.277.